The first-order valence-corrected chi connectivity index (χ1v) is 5.39. The SMILES string of the molecule is C[C@@H]1O[C@@H](O)[C@H](O)[C@H](OS(=O)(=O)[O-])[C@H]1O. The fourth-order valence-corrected chi connectivity index (χ4v) is 1.76. The Kier molecular flexibility index (Phi) is 3.66. The van der Waals surface area contributed by atoms with Gasteiger partial charge in [-0.3, -0.25) is 4.18 Å². The largest absolute Gasteiger partial charge is 0.726 e. The van der Waals surface area contributed by atoms with Crippen LogP contribution in [0.3, 0.4) is 0 Å². The summed E-state index contributed by atoms with van der Waals surface area (Å²) in [7, 11) is -5.07. The summed E-state index contributed by atoms with van der Waals surface area (Å²) in [5.41, 5.74) is 0. The van der Waals surface area contributed by atoms with Crippen molar-refractivity contribution in [3.8, 4) is 0 Å². The van der Waals surface area contributed by atoms with E-state index >= 15 is 0 Å². The van der Waals surface area contributed by atoms with E-state index in [0.29, 0.717) is 0 Å². The van der Waals surface area contributed by atoms with Gasteiger partial charge in [-0.25, -0.2) is 8.42 Å². The molecule has 1 heterocycles. The van der Waals surface area contributed by atoms with Crippen molar-refractivity contribution >= 4 is 10.4 Å². The Morgan fingerprint density at radius 1 is 1.27 bits per heavy atom. The first-order valence-electron chi connectivity index (χ1n) is 4.06. The summed E-state index contributed by atoms with van der Waals surface area (Å²) in [6.45, 7) is 1.33. The molecule has 8 nitrogen and oxygen atoms in total. The van der Waals surface area contributed by atoms with Crippen molar-refractivity contribution in [2.45, 2.75) is 37.6 Å². The van der Waals surface area contributed by atoms with E-state index < -0.39 is 41.1 Å². The summed E-state index contributed by atoms with van der Waals surface area (Å²) in [6.07, 6.45) is -7.73. The predicted octanol–water partition coefficient (Wildman–Crippen LogP) is -2.71. The average Bonchev–Trinajstić information content (AvgIpc) is 2.08. The van der Waals surface area contributed by atoms with Crippen molar-refractivity contribution in [2.75, 3.05) is 0 Å². The quantitative estimate of drug-likeness (QED) is 0.352. The van der Waals surface area contributed by atoms with Crippen LogP contribution in [0.5, 0.6) is 0 Å². The maximum atomic E-state index is 10.3. The van der Waals surface area contributed by atoms with E-state index in [-0.39, 0.29) is 0 Å². The summed E-state index contributed by atoms with van der Waals surface area (Å²) in [6, 6.07) is 0. The van der Waals surface area contributed by atoms with Crippen molar-refractivity contribution in [1.82, 2.24) is 0 Å². The number of rotatable bonds is 2. The molecule has 0 unspecified atom stereocenters. The standard InChI is InChI=1S/C6H12O8S/c1-2-3(7)5(14-15(10,11)12)4(8)6(9)13-2/h2-9H,1H3,(H,10,11,12)/p-1/t2-,3-,4+,5+,6+/m0/s1. The number of hydrogen-bond donors (Lipinski definition) is 3. The maximum absolute atomic E-state index is 10.3. The van der Waals surface area contributed by atoms with Crippen LogP contribution in [0, 0.1) is 0 Å². The van der Waals surface area contributed by atoms with Crippen LogP contribution >= 0.6 is 0 Å². The molecular formula is C6H11O8S-. The molecule has 0 aromatic rings. The summed E-state index contributed by atoms with van der Waals surface area (Å²) in [4.78, 5) is 0. The third kappa shape index (κ3) is 3.08. The van der Waals surface area contributed by atoms with Gasteiger partial charge in [0.15, 0.2) is 6.29 Å². The molecule has 0 aromatic heterocycles. The molecule has 9 heteroatoms. The zero-order valence-corrected chi connectivity index (χ0v) is 8.49. The van der Waals surface area contributed by atoms with Crippen LogP contribution in [0.1, 0.15) is 6.92 Å². The molecule has 15 heavy (non-hydrogen) atoms. The van der Waals surface area contributed by atoms with Crippen LogP contribution in [-0.2, 0) is 19.3 Å². The van der Waals surface area contributed by atoms with Gasteiger partial charge in [0.05, 0.1) is 6.10 Å². The highest BCUT2D eigenvalue weighted by molar-refractivity contribution is 7.80. The van der Waals surface area contributed by atoms with E-state index in [1.165, 1.54) is 6.92 Å². The van der Waals surface area contributed by atoms with E-state index in [1.54, 1.807) is 0 Å². The van der Waals surface area contributed by atoms with Gasteiger partial charge in [0.2, 0.25) is 10.4 Å². The van der Waals surface area contributed by atoms with E-state index in [1.807, 2.05) is 0 Å². The highest BCUT2D eigenvalue weighted by atomic mass is 32.3. The van der Waals surface area contributed by atoms with Crippen LogP contribution in [0.15, 0.2) is 0 Å². The number of hydrogen-bond acceptors (Lipinski definition) is 8. The van der Waals surface area contributed by atoms with Gasteiger partial charge in [0.1, 0.15) is 18.3 Å². The van der Waals surface area contributed by atoms with Gasteiger partial charge >= 0.3 is 0 Å². The molecule has 1 rings (SSSR count). The molecule has 1 saturated heterocycles. The van der Waals surface area contributed by atoms with Gasteiger partial charge in [-0.2, -0.15) is 0 Å². The van der Waals surface area contributed by atoms with Gasteiger partial charge < -0.3 is 24.6 Å². The van der Waals surface area contributed by atoms with E-state index in [0.717, 1.165) is 0 Å². The second-order valence-corrected chi connectivity index (χ2v) is 4.19. The molecule has 0 bridgehead atoms. The first kappa shape index (κ1) is 12.8. The third-order valence-corrected chi connectivity index (χ3v) is 2.49. The molecule has 0 saturated carbocycles. The lowest BCUT2D eigenvalue weighted by atomic mass is 10.0. The van der Waals surface area contributed by atoms with Crippen LogP contribution in [0.2, 0.25) is 0 Å². The van der Waals surface area contributed by atoms with Crippen molar-refractivity contribution in [1.29, 1.82) is 0 Å². The van der Waals surface area contributed by atoms with Crippen molar-refractivity contribution in [3.63, 3.8) is 0 Å². The molecule has 1 aliphatic rings. The maximum Gasteiger partial charge on any atom is 0.218 e. The van der Waals surface area contributed by atoms with E-state index in [4.69, 9.17) is 5.11 Å². The third-order valence-electron chi connectivity index (χ3n) is 2.03. The van der Waals surface area contributed by atoms with Gasteiger partial charge in [-0.15, -0.1) is 0 Å². The number of aliphatic hydroxyl groups excluding tert-OH is 3. The predicted molar refractivity (Wildman–Crippen MR) is 43.1 cm³/mol. The minimum Gasteiger partial charge on any atom is -0.726 e. The molecule has 3 N–H and O–H groups in total. The second-order valence-electron chi connectivity index (χ2n) is 3.18. The second kappa shape index (κ2) is 4.29. The minimum atomic E-state index is -5.07. The molecule has 0 spiro atoms. The number of aliphatic hydroxyl groups is 3. The van der Waals surface area contributed by atoms with Crippen LogP contribution in [-0.4, -0.2) is 59.0 Å². The van der Waals surface area contributed by atoms with Gasteiger partial charge in [-0.1, -0.05) is 0 Å². The van der Waals surface area contributed by atoms with Gasteiger partial charge in [0.25, 0.3) is 0 Å². The van der Waals surface area contributed by atoms with Gasteiger partial charge in [-0.05, 0) is 6.92 Å². The summed E-state index contributed by atoms with van der Waals surface area (Å²) in [5, 5.41) is 27.7. The zero-order valence-electron chi connectivity index (χ0n) is 7.68. The Labute approximate surface area is 86.0 Å². The molecule has 1 aliphatic heterocycles. The van der Waals surface area contributed by atoms with Crippen molar-refractivity contribution < 1.29 is 37.2 Å². The Morgan fingerprint density at radius 3 is 2.27 bits per heavy atom. The highest BCUT2D eigenvalue weighted by Gasteiger charge is 2.44. The minimum absolute atomic E-state index is 0.963. The lowest BCUT2D eigenvalue weighted by molar-refractivity contribution is -0.272. The highest BCUT2D eigenvalue weighted by Crippen LogP contribution is 2.22. The van der Waals surface area contributed by atoms with Crippen molar-refractivity contribution in [2.24, 2.45) is 0 Å². The van der Waals surface area contributed by atoms with E-state index in [9.17, 15) is 23.2 Å². The van der Waals surface area contributed by atoms with Crippen LogP contribution in [0.25, 0.3) is 0 Å². The molecule has 0 radical (unpaired) electrons. The van der Waals surface area contributed by atoms with E-state index in [2.05, 4.69) is 8.92 Å². The Balaban J connectivity index is 2.82. The van der Waals surface area contributed by atoms with Crippen molar-refractivity contribution in [3.05, 3.63) is 0 Å². The average molecular weight is 243 g/mol. The Bertz CT molecular complexity index is 299. The Hall–Kier alpha value is -0.290. The summed E-state index contributed by atoms with van der Waals surface area (Å²) in [5.74, 6) is 0. The monoisotopic (exact) mass is 243 g/mol. The lowest BCUT2D eigenvalue weighted by Crippen LogP contribution is -2.58. The first-order chi connectivity index (χ1) is 6.72. The fraction of sp³-hybridized carbons (Fsp3) is 1.00. The smallest absolute Gasteiger partial charge is 0.218 e. The normalized spacial score (nSPS) is 42.9. The zero-order chi connectivity index (χ0) is 11.8. The topological polar surface area (TPSA) is 136 Å². The molecule has 5 atom stereocenters. The molecule has 0 amide bonds. The Morgan fingerprint density at radius 2 is 1.80 bits per heavy atom. The molecule has 0 aliphatic carbocycles. The molecule has 90 valence electrons. The summed E-state index contributed by atoms with van der Waals surface area (Å²) < 4.78 is 39.4. The van der Waals surface area contributed by atoms with Crippen LogP contribution < -0.4 is 0 Å². The van der Waals surface area contributed by atoms with Crippen LogP contribution in [0.4, 0.5) is 0 Å². The molecule has 1 fully saturated rings. The lowest BCUT2D eigenvalue weighted by Gasteiger charge is -2.39. The molecular weight excluding hydrogens is 232 g/mol. The number of ether oxygens (including phenoxy) is 1. The molecule has 0 aromatic carbocycles. The summed E-state index contributed by atoms with van der Waals surface area (Å²) >= 11 is 0. The van der Waals surface area contributed by atoms with Gasteiger partial charge in [0, 0.05) is 0 Å². The fourth-order valence-electron chi connectivity index (χ4n) is 1.26.